The SMILES string of the molecule is C/C=C(\C)C(=O)OC1C[C@@H]2C[C@H](O)C[C@H]1N2C. The predicted octanol–water partition coefficient (Wildman–Crippen LogP) is 1.09. The molecule has 4 atom stereocenters. The van der Waals surface area contributed by atoms with Gasteiger partial charge in [-0.2, -0.15) is 0 Å². The molecule has 0 aromatic carbocycles. The van der Waals surface area contributed by atoms with Gasteiger partial charge in [0, 0.05) is 24.1 Å². The molecule has 2 rings (SSSR count). The molecule has 2 heterocycles. The van der Waals surface area contributed by atoms with E-state index in [0.29, 0.717) is 18.0 Å². The number of aliphatic hydroxyl groups is 1. The second-order valence-electron chi connectivity index (χ2n) is 5.16. The number of likely N-dealkylation sites (N-methyl/N-ethyl adjacent to an activating group) is 1. The Hall–Kier alpha value is -0.870. The van der Waals surface area contributed by atoms with Crippen molar-refractivity contribution in [1.29, 1.82) is 0 Å². The molecule has 2 aliphatic heterocycles. The smallest absolute Gasteiger partial charge is 0.333 e. The minimum absolute atomic E-state index is 0.0652. The molecule has 2 fully saturated rings. The monoisotopic (exact) mass is 239 g/mol. The van der Waals surface area contributed by atoms with E-state index in [1.165, 1.54) is 0 Å². The van der Waals surface area contributed by atoms with Crippen LogP contribution in [0.4, 0.5) is 0 Å². The van der Waals surface area contributed by atoms with Crippen LogP contribution in [0, 0.1) is 0 Å². The summed E-state index contributed by atoms with van der Waals surface area (Å²) < 4.78 is 5.54. The Morgan fingerprint density at radius 2 is 2.12 bits per heavy atom. The first kappa shape index (κ1) is 12.6. The minimum atomic E-state index is -0.243. The van der Waals surface area contributed by atoms with Gasteiger partial charge < -0.3 is 9.84 Å². The highest BCUT2D eigenvalue weighted by Crippen LogP contribution is 2.36. The Kier molecular flexibility index (Phi) is 3.54. The van der Waals surface area contributed by atoms with Crippen LogP contribution >= 0.6 is 0 Å². The summed E-state index contributed by atoms with van der Waals surface area (Å²) in [5.74, 6) is -0.229. The van der Waals surface area contributed by atoms with Gasteiger partial charge in [0.1, 0.15) is 6.10 Å². The van der Waals surface area contributed by atoms with E-state index < -0.39 is 0 Å². The van der Waals surface area contributed by atoms with Gasteiger partial charge in [0.25, 0.3) is 0 Å². The Morgan fingerprint density at radius 3 is 2.76 bits per heavy atom. The number of esters is 1. The van der Waals surface area contributed by atoms with E-state index >= 15 is 0 Å². The molecular weight excluding hydrogens is 218 g/mol. The molecule has 17 heavy (non-hydrogen) atoms. The topological polar surface area (TPSA) is 49.8 Å². The van der Waals surface area contributed by atoms with Crippen LogP contribution in [0.5, 0.6) is 0 Å². The molecule has 2 bridgehead atoms. The van der Waals surface area contributed by atoms with Crippen molar-refractivity contribution < 1.29 is 14.6 Å². The number of piperidine rings is 1. The first-order chi connectivity index (χ1) is 8.02. The van der Waals surface area contributed by atoms with Crippen molar-refractivity contribution in [3.05, 3.63) is 11.6 Å². The summed E-state index contributed by atoms with van der Waals surface area (Å²) in [7, 11) is 2.05. The largest absolute Gasteiger partial charge is 0.457 e. The summed E-state index contributed by atoms with van der Waals surface area (Å²) in [6, 6.07) is 0.532. The fraction of sp³-hybridized carbons (Fsp3) is 0.769. The van der Waals surface area contributed by atoms with Crippen LogP contribution < -0.4 is 0 Å². The molecule has 2 saturated heterocycles. The molecule has 0 amide bonds. The molecule has 0 aromatic heterocycles. The molecule has 0 saturated carbocycles. The van der Waals surface area contributed by atoms with Crippen LogP contribution in [0.15, 0.2) is 11.6 Å². The zero-order chi connectivity index (χ0) is 12.6. The average Bonchev–Trinajstić information content (AvgIpc) is 2.49. The number of fused-ring (bicyclic) bond motifs is 2. The highest BCUT2D eigenvalue weighted by Gasteiger charge is 2.46. The number of nitrogens with zero attached hydrogens (tertiary/aromatic N) is 1. The van der Waals surface area contributed by atoms with Crippen LogP contribution in [0.1, 0.15) is 33.1 Å². The number of hydrogen-bond donors (Lipinski definition) is 1. The van der Waals surface area contributed by atoms with Crippen molar-refractivity contribution in [3.63, 3.8) is 0 Å². The van der Waals surface area contributed by atoms with Gasteiger partial charge in [-0.3, -0.25) is 4.90 Å². The van der Waals surface area contributed by atoms with E-state index in [9.17, 15) is 9.90 Å². The number of rotatable bonds is 2. The van der Waals surface area contributed by atoms with Crippen molar-refractivity contribution in [2.45, 2.75) is 57.4 Å². The second kappa shape index (κ2) is 4.78. The van der Waals surface area contributed by atoms with Crippen molar-refractivity contribution in [3.8, 4) is 0 Å². The van der Waals surface area contributed by atoms with E-state index in [1.54, 1.807) is 13.0 Å². The van der Waals surface area contributed by atoms with Crippen LogP contribution in [-0.2, 0) is 9.53 Å². The first-order valence-corrected chi connectivity index (χ1v) is 6.26. The molecule has 0 aliphatic carbocycles. The number of aliphatic hydroxyl groups excluding tert-OH is 1. The Labute approximate surface area is 102 Å². The van der Waals surface area contributed by atoms with Gasteiger partial charge in [0.05, 0.1) is 6.10 Å². The van der Waals surface area contributed by atoms with E-state index in [1.807, 2.05) is 6.92 Å². The van der Waals surface area contributed by atoms with Crippen LogP contribution in [0.3, 0.4) is 0 Å². The summed E-state index contributed by atoms with van der Waals surface area (Å²) in [4.78, 5) is 14.0. The molecule has 96 valence electrons. The van der Waals surface area contributed by atoms with E-state index in [-0.39, 0.29) is 24.2 Å². The zero-order valence-corrected chi connectivity index (χ0v) is 10.7. The third-order valence-electron chi connectivity index (χ3n) is 4.10. The van der Waals surface area contributed by atoms with Crippen LogP contribution in [0.2, 0.25) is 0 Å². The van der Waals surface area contributed by atoms with Crippen LogP contribution in [0.25, 0.3) is 0 Å². The zero-order valence-electron chi connectivity index (χ0n) is 10.7. The van der Waals surface area contributed by atoms with Gasteiger partial charge in [-0.25, -0.2) is 4.79 Å². The van der Waals surface area contributed by atoms with Gasteiger partial charge >= 0.3 is 5.97 Å². The number of allylic oxidation sites excluding steroid dienone is 1. The molecule has 0 spiro atoms. The van der Waals surface area contributed by atoms with E-state index in [4.69, 9.17) is 4.74 Å². The molecule has 1 N–H and O–H groups in total. The van der Waals surface area contributed by atoms with Gasteiger partial charge in [-0.1, -0.05) is 6.08 Å². The molecule has 0 radical (unpaired) electrons. The lowest BCUT2D eigenvalue weighted by Crippen LogP contribution is -2.44. The van der Waals surface area contributed by atoms with Crippen molar-refractivity contribution in [2.75, 3.05) is 7.05 Å². The Balaban J connectivity index is 2.02. The molecular formula is C13H21NO3. The highest BCUT2D eigenvalue weighted by atomic mass is 16.5. The molecule has 4 nitrogen and oxygen atoms in total. The number of ether oxygens (including phenoxy) is 1. The summed E-state index contributed by atoms with van der Waals surface area (Å²) in [6.07, 6.45) is 3.81. The molecule has 2 aliphatic rings. The van der Waals surface area contributed by atoms with Gasteiger partial charge in [-0.05, 0) is 33.7 Å². The first-order valence-electron chi connectivity index (χ1n) is 6.26. The van der Waals surface area contributed by atoms with Crippen molar-refractivity contribution in [1.82, 2.24) is 4.90 Å². The maximum atomic E-state index is 11.7. The fourth-order valence-electron chi connectivity index (χ4n) is 2.87. The maximum absolute atomic E-state index is 11.7. The Bertz CT molecular complexity index is 340. The van der Waals surface area contributed by atoms with Crippen molar-refractivity contribution >= 4 is 5.97 Å². The third kappa shape index (κ3) is 2.38. The molecule has 1 unspecified atom stereocenters. The van der Waals surface area contributed by atoms with Gasteiger partial charge in [-0.15, -0.1) is 0 Å². The summed E-state index contributed by atoms with van der Waals surface area (Å²) in [5.41, 5.74) is 0.648. The predicted molar refractivity (Wildman–Crippen MR) is 64.5 cm³/mol. The molecule has 4 heteroatoms. The van der Waals surface area contributed by atoms with E-state index in [0.717, 1.165) is 12.8 Å². The fourth-order valence-corrected chi connectivity index (χ4v) is 2.87. The summed E-state index contributed by atoms with van der Waals surface area (Å²) in [5, 5.41) is 9.74. The average molecular weight is 239 g/mol. The standard InChI is InChI=1S/C13H21NO3/c1-4-8(2)13(16)17-12-6-9-5-10(15)7-11(12)14(9)3/h4,9-12,15H,5-7H2,1-3H3/b8-4+/t9-,10-,11+,12?/m0/s1. The second-order valence-corrected chi connectivity index (χ2v) is 5.16. The number of carbonyl (C=O) groups is 1. The van der Waals surface area contributed by atoms with Crippen LogP contribution in [-0.4, -0.2) is 47.3 Å². The quantitative estimate of drug-likeness (QED) is 0.579. The van der Waals surface area contributed by atoms with Gasteiger partial charge in [0.15, 0.2) is 0 Å². The van der Waals surface area contributed by atoms with Gasteiger partial charge in [0.2, 0.25) is 0 Å². The normalized spacial score (nSPS) is 38.2. The lowest BCUT2D eigenvalue weighted by atomic mass is 10.0. The van der Waals surface area contributed by atoms with Crippen molar-refractivity contribution in [2.24, 2.45) is 0 Å². The third-order valence-corrected chi connectivity index (χ3v) is 4.10. The maximum Gasteiger partial charge on any atom is 0.333 e. The number of hydrogen-bond acceptors (Lipinski definition) is 4. The highest BCUT2D eigenvalue weighted by molar-refractivity contribution is 5.87. The lowest BCUT2D eigenvalue weighted by molar-refractivity contribution is -0.145. The summed E-state index contributed by atoms with van der Waals surface area (Å²) >= 11 is 0. The molecule has 0 aromatic rings. The Morgan fingerprint density at radius 1 is 1.41 bits per heavy atom. The lowest BCUT2D eigenvalue weighted by Gasteiger charge is -2.34. The minimum Gasteiger partial charge on any atom is -0.457 e. The van der Waals surface area contributed by atoms with E-state index in [2.05, 4.69) is 11.9 Å². The number of carbonyl (C=O) groups excluding carboxylic acids is 1. The summed E-state index contributed by atoms with van der Waals surface area (Å²) in [6.45, 7) is 3.60.